The van der Waals surface area contributed by atoms with Crippen molar-refractivity contribution in [2.75, 3.05) is 0 Å². The van der Waals surface area contributed by atoms with Crippen molar-refractivity contribution in [3.63, 3.8) is 0 Å². The highest BCUT2D eigenvalue weighted by Gasteiger charge is 2.11. The predicted molar refractivity (Wildman–Crippen MR) is 68.2 cm³/mol. The van der Waals surface area contributed by atoms with Crippen molar-refractivity contribution in [3.8, 4) is 0 Å². The molecular formula is C11H14ClN3O3. The fourth-order valence-corrected chi connectivity index (χ4v) is 1.65. The molecule has 1 aromatic carbocycles. The molecule has 0 radical (unpaired) electrons. The van der Waals surface area contributed by atoms with Gasteiger partial charge in [0.2, 0.25) is 5.91 Å². The number of rotatable bonds is 6. The van der Waals surface area contributed by atoms with Crippen LogP contribution >= 0.6 is 11.6 Å². The van der Waals surface area contributed by atoms with Crippen LogP contribution in [0.15, 0.2) is 18.2 Å². The Morgan fingerprint density at radius 3 is 2.83 bits per heavy atom. The number of primary amides is 1. The number of nitro benzene ring substituents is 1. The minimum Gasteiger partial charge on any atom is -0.370 e. The van der Waals surface area contributed by atoms with Crippen molar-refractivity contribution < 1.29 is 9.72 Å². The Labute approximate surface area is 109 Å². The van der Waals surface area contributed by atoms with Gasteiger partial charge in [0, 0.05) is 36.2 Å². The molecule has 6 nitrogen and oxygen atoms in total. The van der Waals surface area contributed by atoms with Gasteiger partial charge in [0.05, 0.1) is 4.92 Å². The SMILES string of the molecule is CC(CC(N)=O)NCc1cc([N+](=O)[O-])ccc1Cl. The number of carbonyl (C=O) groups excluding carboxylic acids is 1. The van der Waals surface area contributed by atoms with Crippen LogP contribution in [0.25, 0.3) is 0 Å². The number of hydrogen-bond donors (Lipinski definition) is 2. The maximum Gasteiger partial charge on any atom is 0.269 e. The van der Waals surface area contributed by atoms with Gasteiger partial charge in [-0.05, 0) is 18.6 Å². The van der Waals surface area contributed by atoms with Gasteiger partial charge >= 0.3 is 0 Å². The van der Waals surface area contributed by atoms with Crippen LogP contribution in [-0.2, 0) is 11.3 Å². The summed E-state index contributed by atoms with van der Waals surface area (Å²) in [6, 6.07) is 4.12. The largest absolute Gasteiger partial charge is 0.370 e. The van der Waals surface area contributed by atoms with E-state index in [1.807, 2.05) is 0 Å². The molecule has 98 valence electrons. The first kappa shape index (κ1) is 14.4. The monoisotopic (exact) mass is 271 g/mol. The van der Waals surface area contributed by atoms with Gasteiger partial charge in [0.15, 0.2) is 0 Å². The third-order valence-electron chi connectivity index (χ3n) is 2.39. The van der Waals surface area contributed by atoms with Crippen molar-refractivity contribution in [2.45, 2.75) is 25.9 Å². The van der Waals surface area contributed by atoms with Crippen LogP contribution in [0.2, 0.25) is 5.02 Å². The molecule has 3 N–H and O–H groups in total. The van der Waals surface area contributed by atoms with E-state index in [1.165, 1.54) is 18.2 Å². The molecule has 0 fully saturated rings. The zero-order valence-electron chi connectivity index (χ0n) is 9.85. The molecular weight excluding hydrogens is 258 g/mol. The van der Waals surface area contributed by atoms with E-state index in [-0.39, 0.29) is 18.2 Å². The fraction of sp³-hybridized carbons (Fsp3) is 0.364. The van der Waals surface area contributed by atoms with Gasteiger partial charge in [0.1, 0.15) is 0 Å². The lowest BCUT2D eigenvalue weighted by atomic mass is 10.1. The van der Waals surface area contributed by atoms with Crippen LogP contribution in [-0.4, -0.2) is 16.9 Å². The van der Waals surface area contributed by atoms with Crippen LogP contribution in [0.4, 0.5) is 5.69 Å². The Morgan fingerprint density at radius 2 is 2.28 bits per heavy atom. The number of nitrogens with one attached hydrogen (secondary N) is 1. The van der Waals surface area contributed by atoms with Gasteiger partial charge in [-0.15, -0.1) is 0 Å². The molecule has 0 aliphatic carbocycles. The summed E-state index contributed by atoms with van der Waals surface area (Å²) in [6.45, 7) is 2.14. The quantitative estimate of drug-likeness (QED) is 0.606. The van der Waals surface area contributed by atoms with Crippen molar-refractivity contribution in [1.29, 1.82) is 0 Å². The molecule has 1 unspecified atom stereocenters. The number of non-ortho nitro benzene ring substituents is 1. The predicted octanol–water partition coefficient (Wildman–Crippen LogP) is 1.60. The zero-order chi connectivity index (χ0) is 13.7. The molecule has 1 amide bonds. The summed E-state index contributed by atoms with van der Waals surface area (Å²) < 4.78 is 0. The second kappa shape index (κ2) is 6.32. The summed E-state index contributed by atoms with van der Waals surface area (Å²) in [5.41, 5.74) is 5.66. The lowest BCUT2D eigenvalue weighted by Crippen LogP contribution is -2.30. The van der Waals surface area contributed by atoms with Crippen LogP contribution in [0.1, 0.15) is 18.9 Å². The van der Waals surface area contributed by atoms with Crippen LogP contribution in [0.3, 0.4) is 0 Å². The highest BCUT2D eigenvalue weighted by molar-refractivity contribution is 6.31. The van der Waals surface area contributed by atoms with Crippen LogP contribution in [0, 0.1) is 10.1 Å². The first-order valence-corrected chi connectivity index (χ1v) is 5.72. The van der Waals surface area contributed by atoms with Crippen LogP contribution < -0.4 is 11.1 Å². The molecule has 0 aromatic heterocycles. The normalized spacial score (nSPS) is 12.1. The Morgan fingerprint density at radius 1 is 1.61 bits per heavy atom. The summed E-state index contributed by atoms with van der Waals surface area (Å²) in [4.78, 5) is 20.8. The van der Waals surface area contributed by atoms with E-state index in [1.54, 1.807) is 6.92 Å². The number of hydrogen-bond acceptors (Lipinski definition) is 4. The second-order valence-corrected chi connectivity index (χ2v) is 4.39. The third kappa shape index (κ3) is 4.31. The fourth-order valence-electron chi connectivity index (χ4n) is 1.47. The number of amides is 1. The van der Waals surface area contributed by atoms with Gasteiger partial charge in [-0.3, -0.25) is 14.9 Å². The zero-order valence-corrected chi connectivity index (χ0v) is 10.6. The van der Waals surface area contributed by atoms with Crippen molar-refractivity contribution in [3.05, 3.63) is 38.9 Å². The molecule has 0 aliphatic rings. The smallest absolute Gasteiger partial charge is 0.269 e. The summed E-state index contributed by atoms with van der Waals surface area (Å²) in [5, 5.41) is 14.1. The van der Waals surface area contributed by atoms with E-state index < -0.39 is 10.8 Å². The average Bonchev–Trinajstić information content (AvgIpc) is 2.26. The molecule has 0 spiro atoms. The van der Waals surface area contributed by atoms with Gasteiger partial charge in [-0.25, -0.2) is 0 Å². The Balaban J connectivity index is 2.69. The van der Waals surface area contributed by atoms with Gasteiger partial charge in [-0.2, -0.15) is 0 Å². The molecule has 18 heavy (non-hydrogen) atoms. The average molecular weight is 272 g/mol. The first-order valence-electron chi connectivity index (χ1n) is 5.34. The maximum atomic E-state index is 10.7. The Bertz CT molecular complexity index is 465. The molecule has 0 aliphatic heterocycles. The molecule has 1 rings (SSSR count). The van der Waals surface area contributed by atoms with Crippen molar-refractivity contribution in [1.82, 2.24) is 5.32 Å². The molecule has 7 heteroatoms. The van der Waals surface area contributed by atoms with Crippen molar-refractivity contribution in [2.24, 2.45) is 5.73 Å². The lowest BCUT2D eigenvalue weighted by molar-refractivity contribution is -0.384. The van der Waals surface area contributed by atoms with E-state index >= 15 is 0 Å². The highest BCUT2D eigenvalue weighted by Crippen LogP contribution is 2.21. The molecule has 0 saturated carbocycles. The van der Waals surface area contributed by atoms with E-state index in [0.717, 1.165) is 0 Å². The second-order valence-electron chi connectivity index (χ2n) is 3.99. The van der Waals surface area contributed by atoms with Crippen LogP contribution in [0.5, 0.6) is 0 Å². The topological polar surface area (TPSA) is 98.3 Å². The van der Waals surface area contributed by atoms with E-state index in [4.69, 9.17) is 17.3 Å². The molecule has 0 heterocycles. The standard InChI is InChI=1S/C11H14ClN3O3/c1-7(4-11(13)16)14-6-8-5-9(15(17)18)2-3-10(8)12/h2-3,5,7,14H,4,6H2,1H3,(H2,13,16). The van der Waals surface area contributed by atoms with Crippen molar-refractivity contribution >= 4 is 23.2 Å². The summed E-state index contributed by atoms with van der Waals surface area (Å²) >= 11 is 5.94. The molecule has 0 saturated heterocycles. The summed E-state index contributed by atoms with van der Waals surface area (Å²) in [7, 11) is 0. The number of carbonyl (C=O) groups is 1. The number of halogens is 1. The first-order chi connectivity index (χ1) is 8.40. The number of nitro groups is 1. The minimum atomic E-state index is -0.479. The van der Waals surface area contributed by atoms with E-state index in [0.29, 0.717) is 17.1 Å². The van der Waals surface area contributed by atoms with Gasteiger partial charge in [0.25, 0.3) is 5.69 Å². The highest BCUT2D eigenvalue weighted by atomic mass is 35.5. The van der Waals surface area contributed by atoms with E-state index in [9.17, 15) is 14.9 Å². The number of nitrogens with zero attached hydrogens (tertiary/aromatic N) is 1. The lowest BCUT2D eigenvalue weighted by Gasteiger charge is -2.12. The molecule has 0 bridgehead atoms. The Hall–Kier alpha value is -1.66. The third-order valence-corrected chi connectivity index (χ3v) is 2.76. The molecule has 1 aromatic rings. The minimum absolute atomic E-state index is 0.0150. The summed E-state index contributed by atoms with van der Waals surface area (Å²) in [6.07, 6.45) is 0.201. The number of benzene rings is 1. The van der Waals surface area contributed by atoms with Gasteiger partial charge in [-0.1, -0.05) is 11.6 Å². The number of nitrogens with two attached hydrogens (primary N) is 1. The van der Waals surface area contributed by atoms with E-state index in [2.05, 4.69) is 5.32 Å². The molecule has 1 atom stereocenters. The maximum absolute atomic E-state index is 10.7. The summed E-state index contributed by atoms with van der Waals surface area (Å²) in [5.74, 6) is -0.403. The van der Waals surface area contributed by atoms with Gasteiger partial charge < -0.3 is 11.1 Å². The Kier molecular flexibility index (Phi) is 5.06.